The van der Waals surface area contributed by atoms with Crippen molar-refractivity contribution in [1.82, 2.24) is 15.3 Å². The van der Waals surface area contributed by atoms with Gasteiger partial charge in [0.1, 0.15) is 35.1 Å². The minimum atomic E-state index is -0.325. The first-order valence-electron chi connectivity index (χ1n) is 7.81. The van der Waals surface area contributed by atoms with E-state index in [2.05, 4.69) is 20.6 Å². The number of ether oxygens (including phenoxy) is 2. The predicted molar refractivity (Wildman–Crippen MR) is 94.7 cm³/mol. The molecule has 8 nitrogen and oxygen atoms in total. The third-order valence-electron chi connectivity index (χ3n) is 3.57. The maximum absolute atomic E-state index is 12.2. The summed E-state index contributed by atoms with van der Waals surface area (Å²) in [6.45, 7) is 0.283. The van der Waals surface area contributed by atoms with Gasteiger partial charge < -0.3 is 24.5 Å². The summed E-state index contributed by atoms with van der Waals surface area (Å²) in [6, 6.07) is 10.4. The summed E-state index contributed by atoms with van der Waals surface area (Å²) in [5.74, 6) is 2.06. The van der Waals surface area contributed by atoms with Crippen molar-refractivity contribution in [2.75, 3.05) is 19.5 Å². The molecular formula is C18H18N4O4. The molecular weight excluding hydrogens is 336 g/mol. The van der Waals surface area contributed by atoms with Crippen LogP contribution in [-0.2, 0) is 6.54 Å². The number of methoxy groups -OCH3 is 2. The van der Waals surface area contributed by atoms with E-state index in [1.807, 2.05) is 0 Å². The van der Waals surface area contributed by atoms with Gasteiger partial charge in [0.15, 0.2) is 0 Å². The molecule has 0 unspecified atom stereocenters. The maximum atomic E-state index is 12.2. The lowest BCUT2D eigenvalue weighted by Crippen LogP contribution is -2.23. The molecule has 0 aliphatic rings. The average molecular weight is 354 g/mol. The summed E-state index contributed by atoms with van der Waals surface area (Å²) in [7, 11) is 3.15. The molecule has 0 atom stereocenters. The third-order valence-corrected chi connectivity index (χ3v) is 3.57. The van der Waals surface area contributed by atoms with Gasteiger partial charge in [0, 0.05) is 12.1 Å². The zero-order valence-corrected chi connectivity index (χ0v) is 14.4. The van der Waals surface area contributed by atoms with Gasteiger partial charge in [-0.2, -0.15) is 0 Å². The van der Waals surface area contributed by atoms with Crippen LogP contribution in [0.2, 0.25) is 0 Å². The van der Waals surface area contributed by atoms with E-state index in [0.29, 0.717) is 28.8 Å². The number of hydrogen-bond donors (Lipinski definition) is 2. The first kappa shape index (κ1) is 17.3. The normalized spacial score (nSPS) is 10.2. The summed E-state index contributed by atoms with van der Waals surface area (Å²) in [5.41, 5.74) is 0.926. The molecule has 1 amide bonds. The Hall–Kier alpha value is -3.55. The van der Waals surface area contributed by atoms with Gasteiger partial charge in [0.2, 0.25) is 0 Å². The number of nitrogens with zero attached hydrogens (tertiary/aromatic N) is 2. The molecule has 26 heavy (non-hydrogen) atoms. The largest absolute Gasteiger partial charge is 0.497 e. The van der Waals surface area contributed by atoms with Crippen molar-refractivity contribution >= 4 is 17.4 Å². The molecule has 0 bridgehead atoms. The van der Waals surface area contributed by atoms with Crippen molar-refractivity contribution in [3.8, 4) is 11.5 Å². The fraction of sp³-hybridized carbons (Fsp3) is 0.167. The Morgan fingerprint density at radius 2 is 2.04 bits per heavy atom. The highest BCUT2D eigenvalue weighted by molar-refractivity contribution is 5.92. The molecule has 2 aromatic heterocycles. The van der Waals surface area contributed by atoms with Gasteiger partial charge in [-0.15, -0.1) is 0 Å². The lowest BCUT2D eigenvalue weighted by Gasteiger charge is -2.12. The van der Waals surface area contributed by atoms with Crippen LogP contribution >= 0.6 is 0 Å². The van der Waals surface area contributed by atoms with E-state index < -0.39 is 0 Å². The van der Waals surface area contributed by atoms with Crippen molar-refractivity contribution in [1.29, 1.82) is 0 Å². The smallest absolute Gasteiger partial charge is 0.270 e. The Kier molecular flexibility index (Phi) is 5.33. The minimum Gasteiger partial charge on any atom is -0.497 e. The van der Waals surface area contributed by atoms with Crippen LogP contribution in [0.3, 0.4) is 0 Å². The lowest BCUT2D eigenvalue weighted by atomic mass is 10.2. The van der Waals surface area contributed by atoms with Gasteiger partial charge in [-0.05, 0) is 24.3 Å². The van der Waals surface area contributed by atoms with Gasteiger partial charge >= 0.3 is 0 Å². The van der Waals surface area contributed by atoms with Gasteiger partial charge in [-0.1, -0.05) is 0 Å². The Labute approximate surface area is 150 Å². The molecule has 3 rings (SSSR count). The van der Waals surface area contributed by atoms with Crippen LogP contribution in [0.1, 0.15) is 16.2 Å². The molecule has 0 aliphatic heterocycles. The summed E-state index contributed by atoms with van der Waals surface area (Å²) in [5, 5.41) is 5.85. The van der Waals surface area contributed by atoms with Crippen molar-refractivity contribution in [3.05, 3.63) is 60.4 Å². The first-order valence-corrected chi connectivity index (χ1v) is 7.81. The van der Waals surface area contributed by atoms with E-state index in [4.69, 9.17) is 13.9 Å². The van der Waals surface area contributed by atoms with E-state index in [0.717, 1.165) is 0 Å². The molecule has 0 fully saturated rings. The SMILES string of the molecule is COc1ccc(Nc2cc(C(=O)NCc3ccco3)ncn2)c(OC)c1. The Bertz CT molecular complexity index is 881. The van der Waals surface area contributed by atoms with Crippen LogP contribution < -0.4 is 20.1 Å². The minimum absolute atomic E-state index is 0.238. The molecule has 3 aromatic rings. The molecule has 0 aliphatic carbocycles. The Morgan fingerprint density at radius 3 is 2.77 bits per heavy atom. The molecule has 0 saturated heterocycles. The van der Waals surface area contributed by atoms with Gasteiger partial charge in [0.25, 0.3) is 5.91 Å². The fourth-order valence-corrected chi connectivity index (χ4v) is 2.26. The van der Waals surface area contributed by atoms with Crippen molar-refractivity contribution in [2.45, 2.75) is 6.54 Å². The van der Waals surface area contributed by atoms with Crippen LogP contribution in [-0.4, -0.2) is 30.1 Å². The zero-order chi connectivity index (χ0) is 18.4. The van der Waals surface area contributed by atoms with Gasteiger partial charge in [-0.25, -0.2) is 9.97 Å². The second-order valence-electron chi connectivity index (χ2n) is 5.24. The number of aromatic nitrogens is 2. The molecule has 0 spiro atoms. The van der Waals surface area contributed by atoms with E-state index in [-0.39, 0.29) is 18.1 Å². The van der Waals surface area contributed by atoms with Crippen LogP contribution in [0, 0.1) is 0 Å². The Morgan fingerprint density at radius 1 is 1.15 bits per heavy atom. The molecule has 0 saturated carbocycles. The number of hydrogen-bond acceptors (Lipinski definition) is 7. The van der Waals surface area contributed by atoms with Crippen LogP contribution in [0.4, 0.5) is 11.5 Å². The van der Waals surface area contributed by atoms with E-state index >= 15 is 0 Å². The van der Waals surface area contributed by atoms with E-state index in [9.17, 15) is 4.79 Å². The summed E-state index contributed by atoms with van der Waals surface area (Å²) < 4.78 is 15.7. The molecule has 8 heteroatoms. The highest BCUT2D eigenvalue weighted by Gasteiger charge is 2.11. The first-order chi connectivity index (χ1) is 12.7. The molecule has 134 valence electrons. The second-order valence-corrected chi connectivity index (χ2v) is 5.24. The number of carbonyl (C=O) groups is 1. The number of benzene rings is 1. The zero-order valence-electron chi connectivity index (χ0n) is 14.4. The predicted octanol–water partition coefficient (Wildman–Crippen LogP) is 2.76. The highest BCUT2D eigenvalue weighted by atomic mass is 16.5. The number of amides is 1. The van der Waals surface area contributed by atoms with Crippen molar-refractivity contribution in [3.63, 3.8) is 0 Å². The topological polar surface area (TPSA) is 98.5 Å². The van der Waals surface area contributed by atoms with Gasteiger partial charge in [0.05, 0.1) is 32.7 Å². The summed E-state index contributed by atoms with van der Waals surface area (Å²) in [6.07, 6.45) is 2.87. The van der Waals surface area contributed by atoms with Crippen molar-refractivity contribution in [2.24, 2.45) is 0 Å². The van der Waals surface area contributed by atoms with E-state index in [1.165, 1.54) is 6.33 Å². The maximum Gasteiger partial charge on any atom is 0.270 e. The van der Waals surface area contributed by atoms with Crippen LogP contribution in [0.25, 0.3) is 0 Å². The van der Waals surface area contributed by atoms with Crippen LogP contribution in [0.15, 0.2) is 53.4 Å². The fourth-order valence-electron chi connectivity index (χ4n) is 2.26. The number of anilines is 2. The highest BCUT2D eigenvalue weighted by Crippen LogP contribution is 2.30. The monoisotopic (exact) mass is 354 g/mol. The van der Waals surface area contributed by atoms with Crippen LogP contribution in [0.5, 0.6) is 11.5 Å². The van der Waals surface area contributed by atoms with Crippen molar-refractivity contribution < 1.29 is 18.7 Å². The number of furan rings is 1. The molecule has 1 aromatic carbocycles. The standard InChI is InChI=1S/C18H18N4O4/c1-24-12-5-6-14(16(8-12)25-2)22-17-9-15(20-11-21-17)18(23)19-10-13-4-3-7-26-13/h3-9,11H,10H2,1-2H3,(H,19,23)(H,20,21,22). The number of carbonyl (C=O) groups excluding carboxylic acids is 1. The number of rotatable bonds is 7. The average Bonchev–Trinajstić information content (AvgIpc) is 3.20. The lowest BCUT2D eigenvalue weighted by molar-refractivity contribution is 0.0943. The van der Waals surface area contributed by atoms with Gasteiger partial charge in [-0.3, -0.25) is 4.79 Å². The molecule has 0 radical (unpaired) electrons. The van der Waals surface area contributed by atoms with E-state index in [1.54, 1.807) is 56.9 Å². The summed E-state index contributed by atoms with van der Waals surface area (Å²) in [4.78, 5) is 20.4. The summed E-state index contributed by atoms with van der Waals surface area (Å²) >= 11 is 0. The third kappa shape index (κ3) is 4.10. The Balaban J connectivity index is 1.72. The quantitative estimate of drug-likeness (QED) is 0.673. The molecule has 2 N–H and O–H groups in total. The second kappa shape index (κ2) is 8.02. The number of nitrogens with one attached hydrogen (secondary N) is 2. The molecule has 2 heterocycles.